The van der Waals surface area contributed by atoms with Crippen LogP contribution in [0.5, 0.6) is 0 Å². The van der Waals surface area contributed by atoms with E-state index in [0.29, 0.717) is 18.5 Å². The number of oxazole rings is 1. The van der Waals surface area contributed by atoms with Crippen LogP contribution in [0.2, 0.25) is 0 Å². The summed E-state index contributed by atoms with van der Waals surface area (Å²) in [6.45, 7) is 8.60. The summed E-state index contributed by atoms with van der Waals surface area (Å²) in [6.07, 6.45) is 1.46. The van der Waals surface area contributed by atoms with Crippen molar-refractivity contribution in [2.45, 2.75) is 46.0 Å². The fourth-order valence-corrected chi connectivity index (χ4v) is 2.37. The highest BCUT2D eigenvalue weighted by molar-refractivity contribution is 5.96. The van der Waals surface area contributed by atoms with Crippen molar-refractivity contribution in [1.82, 2.24) is 15.6 Å². The lowest BCUT2D eigenvalue weighted by molar-refractivity contribution is -0.120. The molecule has 2 aromatic rings. The maximum Gasteiger partial charge on any atom is 0.251 e. The highest BCUT2D eigenvalue weighted by atomic mass is 16.4. The van der Waals surface area contributed by atoms with Crippen LogP contribution < -0.4 is 10.6 Å². The lowest BCUT2D eigenvalue weighted by atomic mass is 9.97. The number of carbonyl (C=O) groups excluding carboxylic acids is 2. The van der Waals surface area contributed by atoms with Gasteiger partial charge in [0.15, 0.2) is 5.89 Å². The Labute approximate surface area is 154 Å². The Morgan fingerprint density at radius 3 is 2.42 bits per heavy atom. The molecule has 1 aromatic heterocycles. The standard InChI is InChI=1S/C20H27N3O3/c1-14-16(26-19(23-14)20(2,3)4)11-8-12-21-17(24)13-22-18(25)15-9-6-5-7-10-15/h5-7,9-10H,8,11-13H2,1-4H3,(H,21,24)(H,22,25). The minimum atomic E-state index is -0.257. The van der Waals surface area contributed by atoms with E-state index in [2.05, 4.69) is 36.4 Å². The smallest absolute Gasteiger partial charge is 0.251 e. The molecule has 0 saturated carbocycles. The third-order valence-electron chi connectivity index (χ3n) is 3.88. The molecule has 26 heavy (non-hydrogen) atoms. The van der Waals surface area contributed by atoms with Crippen LogP contribution in [0.15, 0.2) is 34.7 Å². The first kappa shape index (κ1) is 19.7. The third kappa shape index (κ3) is 5.72. The summed E-state index contributed by atoms with van der Waals surface area (Å²) < 4.78 is 5.83. The zero-order valence-electron chi connectivity index (χ0n) is 15.9. The van der Waals surface area contributed by atoms with E-state index in [1.165, 1.54) is 0 Å². The van der Waals surface area contributed by atoms with Crippen LogP contribution in [0.3, 0.4) is 0 Å². The highest BCUT2D eigenvalue weighted by Crippen LogP contribution is 2.24. The average Bonchev–Trinajstić information content (AvgIpc) is 2.98. The molecule has 0 fully saturated rings. The summed E-state index contributed by atoms with van der Waals surface area (Å²) >= 11 is 0. The molecule has 0 atom stereocenters. The van der Waals surface area contributed by atoms with Crippen LogP contribution in [-0.4, -0.2) is 29.9 Å². The molecule has 0 bridgehead atoms. The Balaban J connectivity index is 1.69. The molecule has 0 aliphatic rings. The maximum absolute atomic E-state index is 11.9. The third-order valence-corrected chi connectivity index (χ3v) is 3.88. The molecule has 0 saturated heterocycles. The highest BCUT2D eigenvalue weighted by Gasteiger charge is 2.22. The van der Waals surface area contributed by atoms with Crippen molar-refractivity contribution in [2.24, 2.45) is 0 Å². The fourth-order valence-electron chi connectivity index (χ4n) is 2.37. The number of aryl methyl sites for hydroxylation is 2. The fraction of sp³-hybridized carbons (Fsp3) is 0.450. The van der Waals surface area contributed by atoms with E-state index in [4.69, 9.17) is 4.42 Å². The van der Waals surface area contributed by atoms with E-state index in [-0.39, 0.29) is 23.8 Å². The molecule has 0 spiro atoms. The predicted molar refractivity (Wildman–Crippen MR) is 100 cm³/mol. The lowest BCUT2D eigenvalue weighted by Gasteiger charge is -2.12. The minimum Gasteiger partial charge on any atom is -0.445 e. The average molecular weight is 357 g/mol. The van der Waals surface area contributed by atoms with Crippen molar-refractivity contribution >= 4 is 11.8 Å². The van der Waals surface area contributed by atoms with Crippen LogP contribution in [0, 0.1) is 6.92 Å². The molecule has 6 heteroatoms. The van der Waals surface area contributed by atoms with Gasteiger partial charge in [0.25, 0.3) is 5.91 Å². The van der Waals surface area contributed by atoms with E-state index in [1.807, 2.05) is 13.0 Å². The first-order chi connectivity index (χ1) is 12.3. The first-order valence-corrected chi connectivity index (χ1v) is 8.84. The Hall–Kier alpha value is -2.63. The van der Waals surface area contributed by atoms with Gasteiger partial charge in [0.1, 0.15) is 5.76 Å². The molecule has 0 unspecified atom stereocenters. The molecule has 2 N–H and O–H groups in total. The molecular weight excluding hydrogens is 330 g/mol. The Kier molecular flexibility index (Phi) is 6.55. The minimum absolute atomic E-state index is 0.0385. The number of aromatic nitrogens is 1. The summed E-state index contributed by atoms with van der Waals surface area (Å²) in [6, 6.07) is 8.82. The van der Waals surface area contributed by atoms with Crippen molar-refractivity contribution in [3.8, 4) is 0 Å². The van der Waals surface area contributed by atoms with Gasteiger partial charge in [0.05, 0.1) is 12.2 Å². The van der Waals surface area contributed by atoms with E-state index in [9.17, 15) is 9.59 Å². The number of hydrogen-bond donors (Lipinski definition) is 2. The number of carbonyl (C=O) groups is 2. The van der Waals surface area contributed by atoms with Crippen LogP contribution in [0.1, 0.15) is 54.9 Å². The molecule has 2 amide bonds. The zero-order chi connectivity index (χ0) is 19.2. The quantitative estimate of drug-likeness (QED) is 0.746. The molecule has 6 nitrogen and oxygen atoms in total. The second-order valence-corrected chi connectivity index (χ2v) is 7.28. The summed E-state index contributed by atoms with van der Waals surface area (Å²) in [5, 5.41) is 5.41. The van der Waals surface area contributed by atoms with E-state index < -0.39 is 0 Å². The van der Waals surface area contributed by atoms with E-state index in [1.54, 1.807) is 24.3 Å². The van der Waals surface area contributed by atoms with Gasteiger partial charge < -0.3 is 15.1 Å². The van der Waals surface area contributed by atoms with E-state index >= 15 is 0 Å². The summed E-state index contributed by atoms with van der Waals surface area (Å²) in [5.74, 6) is 1.13. The normalized spacial score (nSPS) is 11.2. The Bertz CT molecular complexity index is 745. The van der Waals surface area contributed by atoms with Gasteiger partial charge in [-0.05, 0) is 25.5 Å². The monoisotopic (exact) mass is 357 g/mol. The van der Waals surface area contributed by atoms with Crippen molar-refractivity contribution in [3.05, 3.63) is 53.2 Å². The van der Waals surface area contributed by atoms with Crippen LogP contribution >= 0.6 is 0 Å². The summed E-state index contributed by atoms with van der Waals surface area (Å²) in [4.78, 5) is 28.2. The first-order valence-electron chi connectivity index (χ1n) is 8.84. The van der Waals surface area contributed by atoms with Gasteiger partial charge in [-0.3, -0.25) is 9.59 Å². The second-order valence-electron chi connectivity index (χ2n) is 7.28. The molecule has 0 aliphatic carbocycles. The van der Waals surface area contributed by atoms with Crippen LogP contribution in [0.25, 0.3) is 0 Å². The van der Waals surface area contributed by atoms with Crippen molar-refractivity contribution in [2.75, 3.05) is 13.1 Å². The zero-order valence-corrected chi connectivity index (χ0v) is 15.9. The molecule has 2 rings (SSSR count). The largest absolute Gasteiger partial charge is 0.445 e. The number of hydrogen-bond acceptors (Lipinski definition) is 4. The van der Waals surface area contributed by atoms with Gasteiger partial charge in [0.2, 0.25) is 5.91 Å². The van der Waals surface area contributed by atoms with E-state index in [0.717, 1.165) is 23.8 Å². The topological polar surface area (TPSA) is 84.2 Å². The van der Waals surface area contributed by atoms with Gasteiger partial charge in [-0.2, -0.15) is 0 Å². The summed E-state index contributed by atoms with van der Waals surface area (Å²) in [5.41, 5.74) is 1.32. The molecule has 0 radical (unpaired) electrons. The van der Waals surface area contributed by atoms with Gasteiger partial charge in [0, 0.05) is 23.9 Å². The van der Waals surface area contributed by atoms with Gasteiger partial charge in [-0.15, -0.1) is 0 Å². The molecular formula is C20H27N3O3. The lowest BCUT2D eigenvalue weighted by Crippen LogP contribution is -2.37. The van der Waals surface area contributed by atoms with Gasteiger partial charge in [-0.1, -0.05) is 39.0 Å². The number of rotatable bonds is 7. The van der Waals surface area contributed by atoms with Crippen LogP contribution in [-0.2, 0) is 16.6 Å². The molecule has 0 aliphatic heterocycles. The maximum atomic E-state index is 11.9. The van der Waals surface area contributed by atoms with Crippen molar-refractivity contribution in [1.29, 1.82) is 0 Å². The second kappa shape index (κ2) is 8.65. The van der Waals surface area contributed by atoms with Crippen molar-refractivity contribution < 1.29 is 14.0 Å². The molecule has 1 heterocycles. The molecule has 140 valence electrons. The Morgan fingerprint density at radius 1 is 1.12 bits per heavy atom. The number of nitrogens with one attached hydrogen (secondary N) is 2. The number of benzene rings is 1. The van der Waals surface area contributed by atoms with Gasteiger partial charge in [-0.25, -0.2) is 4.98 Å². The Morgan fingerprint density at radius 2 is 1.81 bits per heavy atom. The molecule has 1 aromatic carbocycles. The number of amides is 2. The summed E-state index contributed by atoms with van der Waals surface area (Å²) in [7, 11) is 0. The predicted octanol–water partition coefficient (Wildman–Crippen LogP) is 2.76. The van der Waals surface area contributed by atoms with Gasteiger partial charge >= 0.3 is 0 Å². The van der Waals surface area contributed by atoms with Crippen LogP contribution in [0.4, 0.5) is 0 Å². The number of nitrogens with zero attached hydrogens (tertiary/aromatic N) is 1. The van der Waals surface area contributed by atoms with Crippen molar-refractivity contribution in [3.63, 3.8) is 0 Å². The SMILES string of the molecule is Cc1nc(C(C)(C)C)oc1CCCNC(=O)CNC(=O)c1ccccc1.